The van der Waals surface area contributed by atoms with Gasteiger partial charge in [0.2, 0.25) is 0 Å². The summed E-state index contributed by atoms with van der Waals surface area (Å²) in [6.45, 7) is 4.30. The molecule has 0 spiro atoms. The Hall–Kier alpha value is 0.794. The van der Waals surface area contributed by atoms with E-state index in [9.17, 15) is 0 Å². The van der Waals surface area contributed by atoms with Crippen molar-refractivity contribution in [3.8, 4) is 0 Å². The van der Waals surface area contributed by atoms with Crippen molar-refractivity contribution in [1.29, 1.82) is 0 Å². The number of hydrogen-bond donors (Lipinski definition) is 0. The van der Waals surface area contributed by atoms with E-state index in [0.717, 1.165) is 0 Å². The van der Waals surface area contributed by atoms with Gasteiger partial charge >= 0.3 is 39.3 Å². The predicted octanol–water partition coefficient (Wildman–Crippen LogP) is 6.26. The van der Waals surface area contributed by atoms with Crippen molar-refractivity contribution >= 4 is 39.9 Å². The quantitative estimate of drug-likeness (QED) is 0.346. The normalized spacial score (nSPS) is 22.9. The summed E-state index contributed by atoms with van der Waals surface area (Å²) in [5.41, 5.74) is 2.37. The van der Waals surface area contributed by atoms with E-state index in [4.69, 9.17) is 9.98 Å². The molecule has 2 aliphatic carbocycles. The van der Waals surface area contributed by atoms with Crippen molar-refractivity contribution < 1.29 is 10.9 Å². The van der Waals surface area contributed by atoms with Gasteiger partial charge in [-0.05, 0) is 39.5 Å². The van der Waals surface area contributed by atoms with Gasteiger partial charge in [-0.1, -0.05) is 38.5 Å². The summed E-state index contributed by atoms with van der Waals surface area (Å²) < 4.78 is 0. The number of hydrogen-bond acceptors (Lipinski definition) is 2. The zero-order valence-electron chi connectivity index (χ0n) is 13.2. The minimum atomic E-state index is 0.579. The Morgan fingerprint density at radius 2 is 1.00 bits per heavy atom. The monoisotopic (exact) mass is 464 g/mol. The van der Waals surface area contributed by atoms with Crippen LogP contribution in [0.15, 0.2) is 9.98 Å². The molecule has 0 N–H and O–H groups in total. The molecule has 2 saturated carbocycles. The Kier molecular flexibility index (Phi) is 11.6. The standard InChI is InChI=1S/C16H28N2.2BrH.Ni/c1-13(17-15-9-5-3-6-10-15)14(2)18-16-11-7-4-8-12-16;;;/h15-16H,3-12H2,1-2H3;2*1H;/q;;;+2/p-2. The van der Waals surface area contributed by atoms with E-state index >= 15 is 0 Å². The number of aliphatic imine (C=N–C) groups is 2. The molecule has 0 aromatic carbocycles. The van der Waals surface area contributed by atoms with Crippen molar-refractivity contribution in [1.82, 2.24) is 0 Å². The fourth-order valence-corrected chi connectivity index (χ4v) is 3.15. The number of halogens is 2. The summed E-state index contributed by atoms with van der Waals surface area (Å²) in [7, 11) is 1.25. The van der Waals surface area contributed by atoms with Crippen LogP contribution < -0.4 is 0 Å². The van der Waals surface area contributed by atoms with Gasteiger partial charge in [0, 0.05) is 0 Å². The molecule has 0 aromatic heterocycles. The summed E-state index contributed by atoms with van der Waals surface area (Å²) in [6.07, 6.45) is 13.4. The molecule has 5 heteroatoms. The van der Waals surface area contributed by atoms with E-state index in [1.54, 1.807) is 0 Å². The molecule has 2 aliphatic rings. The maximum atomic E-state index is 4.89. The minimum absolute atomic E-state index is 0.579. The summed E-state index contributed by atoms with van der Waals surface area (Å²) >= 11 is 6.00. The topological polar surface area (TPSA) is 24.7 Å². The summed E-state index contributed by atoms with van der Waals surface area (Å²) in [6, 6.07) is 1.16. The van der Waals surface area contributed by atoms with Crippen LogP contribution >= 0.6 is 28.5 Å². The molecule has 0 unspecified atom stereocenters. The molecular weight excluding hydrogens is 439 g/mol. The van der Waals surface area contributed by atoms with Gasteiger partial charge in [0.1, 0.15) is 0 Å². The van der Waals surface area contributed by atoms with Crippen LogP contribution in [0.25, 0.3) is 0 Å². The van der Waals surface area contributed by atoms with Crippen LogP contribution in [-0.2, 0) is 10.9 Å². The predicted molar refractivity (Wildman–Crippen MR) is 97.8 cm³/mol. The van der Waals surface area contributed by atoms with Crippen LogP contribution in [0.2, 0.25) is 0 Å². The zero-order chi connectivity index (χ0) is 15.5. The van der Waals surface area contributed by atoms with Crippen molar-refractivity contribution in [2.75, 3.05) is 0 Å². The molecule has 126 valence electrons. The van der Waals surface area contributed by atoms with E-state index in [2.05, 4.69) is 42.3 Å². The second-order valence-electron chi connectivity index (χ2n) is 6.06. The fourth-order valence-electron chi connectivity index (χ4n) is 3.15. The third-order valence-corrected chi connectivity index (χ3v) is 4.43. The summed E-state index contributed by atoms with van der Waals surface area (Å²) in [4.78, 5) is 9.77. The maximum absolute atomic E-state index is 4.89. The molecule has 0 atom stereocenters. The molecular formula is C16H28Br2N2Ni. The molecule has 0 aliphatic heterocycles. The van der Waals surface area contributed by atoms with Gasteiger partial charge in [-0.2, -0.15) is 0 Å². The Bertz CT molecular complexity index is 301. The number of rotatable bonds is 3. The Labute approximate surface area is 150 Å². The second kappa shape index (κ2) is 12.2. The van der Waals surface area contributed by atoms with Crippen LogP contribution in [0.5, 0.6) is 0 Å². The van der Waals surface area contributed by atoms with Gasteiger partial charge in [-0.25, -0.2) is 0 Å². The molecule has 2 nitrogen and oxygen atoms in total. The molecule has 0 radical (unpaired) electrons. The Morgan fingerprint density at radius 1 is 0.714 bits per heavy atom. The van der Waals surface area contributed by atoms with Crippen LogP contribution in [0.3, 0.4) is 0 Å². The molecule has 2 fully saturated rings. The van der Waals surface area contributed by atoms with Crippen LogP contribution in [0.1, 0.15) is 78.1 Å². The van der Waals surface area contributed by atoms with Gasteiger partial charge in [0.05, 0.1) is 23.5 Å². The van der Waals surface area contributed by atoms with Crippen molar-refractivity contribution in [2.24, 2.45) is 9.98 Å². The molecule has 21 heavy (non-hydrogen) atoms. The van der Waals surface area contributed by atoms with Crippen LogP contribution in [0.4, 0.5) is 0 Å². The summed E-state index contributed by atoms with van der Waals surface area (Å²) in [5, 5.41) is 0. The average Bonchev–Trinajstić information content (AvgIpc) is 2.50. The number of nitrogens with zero attached hydrogens (tertiary/aromatic N) is 2. The second-order valence-corrected chi connectivity index (χ2v) is 11.0. The molecule has 0 amide bonds. The van der Waals surface area contributed by atoms with Gasteiger partial charge < -0.3 is 0 Å². The van der Waals surface area contributed by atoms with E-state index in [1.165, 1.54) is 86.5 Å². The van der Waals surface area contributed by atoms with Crippen molar-refractivity contribution in [2.45, 2.75) is 90.1 Å². The zero-order valence-corrected chi connectivity index (χ0v) is 17.4. The molecule has 0 heterocycles. The van der Waals surface area contributed by atoms with Crippen LogP contribution in [-0.4, -0.2) is 23.5 Å². The van der Waals surface area contributed by atoms with Gasteiger partial charge in [-0.3, -0.25) is 9.98 Å². The first-order valence-corrected chi connectivity index (χ1v) is 13.0. The van der Waals surface area contributed by atoms with Crippen molar-refractivity contribution in [3.05, 3.63) is 0 Å². The van der Waals surface area contributed by atoms with Gasteiger partial charge in [-0.15, -0.1) is 0 Å². The molecule has 0 aromatic rings. The van der Waals surface area contributed by atoms with Crippen molar-refractivity contribution in [3.63, 3.8) is 0 Å². The van der Waals surface area contributed by atoms with E-state index in [1.807, 2.05) is 0 Å². The summed E-state index contributed by atoms with van der Waals surface area (Å²) in [5.74, 6) is 0. The van der Waals surface area contributed by atoms with Gasteiger partial charge in [0.15, 0.2) is 0 Å². The average molecular weight is 467 g/mol. The van der Waals surface area contributed by atoms with E-state index in [-0.39, 0.29) is 0 Å². The fraction of sp³-hybridized carbons (Fsp3) is 0.875. The first-order chi connectivity index (χ1) is 10.2. The van der Waals surface area contributed by atoms with E-state index in [0.29, 0.717) is 12.1 Å². The Morgan fingerprint density at radius 3 is 1.29 bits per heavy atom. The third kappa shape index (κ3) is 8.86. The SMILES string of the molecule is CC(=NC1CCCCC1)C(C)=NC1CCCCC1.[Br][Ni][Br]. The van der Waals surface area contributed by atoms with E-state index < -0.39 is 0 Å². The third-order valence-electron chi connectivity index (χ3n) is 4.43. The Balaban J connectivity index is 0.000000677. The first-order valence-electron chi connectivity index (χ1n) is 8.09. The molecule has 0 bridgehead atoms. The van der Waals surface area contributed by atoms with Gasteiger partial charge in [0.25, 0.3) is 0 Å². The first kappa shape index (κ1) is 19.8. The molecule has 2 rings (SSSR count). The van der Waals surface area contributed by atoms with Crippen LogP contribution in [0, 0.1) is 0 Å². The molecule has 0 saturated heterocycles.